The zero-order chi connectivity index (χ0) is 17.4. The van der Waals surface area contributed by atoms with Crippen molar-refractivity contribution in [2.24, 2.45) is 0 Å². The van der Waals surface area contributed by atoms with Gasteiger partial charge in [-0.3, -0.25) is 9.89 Å². The number of carbonyl (C=O) groups excluding carboxylic acids is 1. The molecule has 1 amide bonds. The monoisotopic (exact) mass is 400 g/mol. The molecule has 1 saturated heterocycles. The van der Waals surface area contributed by atoms with Crippen LogP contribution in [0.15, 0.2) is 18.2 Å². The fourth-order valence-electron chi connectivity index (χ4n) is 3.30. The highest BCUT2D eigenvalue weighted by Crippen LogP contribution is 2.27. The van der Waals surface area contributed by atoms with E-state index in [1.165, 1.54) is 6.07 Å². The Balaban J connectivity index is 0.00000196. The number of benzene rings is 1. The minimum atomic E-state index is -0.468. The van der Waals surface area contributed by atoms with E-state index in [1.54, 1.807) is 17.0 Å². The maximum absolute atomic E-state index is 13.4. The lowest BCUT2D eigenvalue weighted by Crippen LogP contribution is -2.43. The van der Waals surface area contributed by atoms with Gasteiger partial charge in [0, 0.05) is 37.3 Å². The van der Waals surface area contributed by atoms with Gasteiger partial charge in [-0.1, -0.05) is 17.7 Å². The van der Waals surface area contributed by atoms with Crippen molar-refractivity contribution in [2.45, 2.75) is 19.1 Å². The molecule has 0 saturated carbocycles. The zero-order valence-corrected chi connectivity index (χ0v) is 15.5. The Labute approximate surface area is 161 Å². The molecule has 4 rings (SSSR count). The van der Waals surface area contributed by atoms with Crippen LogP contribution < -0.4 is 5.32 Å². The van der Waals surface area contributed by atoms with Gasteiger partial charge in [0.2, 0.25) is 0 Å². The lowest BCUT2D eigenvalue weighted by atomic mass is 10.0. The number of amides is 1. The molecule has 1 atom stereocenters. The lowest BCUT2D eigenvalue weighted by Gasteiger charge is -2.33. The molecule has 0 bridgehead atoms. The molecular weight excluding hydrogens is 382 g/mol. The minimum Gasteiger partial charge on any atom is -0.370 e. The quantitative estimate of drug-likeness (QED) is 0.812. The molecule has 1 unspecified atom stereocenters. The summed E-state index contributed by atoms with van der Waals surface area (Å²) in [6.45, 7) is 2.83. The van der Waals surface area contributed by atoms with E-state index in [9.17, 15) is 9.18 Å². The van der Waals surface area contributed by atoms with Gasteiger partial charge in [-0.2, -0.15) is 5.10 Å². The molecule has 1 aromatic heterocycles. The van der Waals surface area contributed by atoms with E-state index < -0.39 is 5.82 Å². The van der Waals surface area contributed by atoms with Crippen LogP contribution >= 0.6 is 24.0 Å². The van der Waals surface area contributed by atoms with Gasteiger partial charge in [0.1, 0.15) is 11.9 Å². The van der Waals surface area contributed by atoms with Crippen LogP contribution in [0.5, 0.6) is 0 Å². The highest BCUT2D eigenvalue weighted by molar-refractivity contribution is 6.30. The van der Waals surface area contributed by atoms with Crippen LogP contribution in [-0.2, 0) is 17.7 Å². The number of fused-ring (bicyclic) bond motifs is 1. The third-order valence-corrected chi connectivity index (χ3v) is 4.97. The minimum absolute atomic E-state index is 0. The van der Waals surface area contributed by atoms with Crippen molar-refractivity contribution in [3.05, 3.63) is 51.6 Å². The fraction of sp³-hybridized carbons (Fsp3) is 0.412. The first-order valence-corrected chi connectivity index (χ1v) is 8.64. The molecule has 2 N–H and O–H groups in total. The molecule has 2 aliphatic rings. The number of rotatable bonds is 2. The normalized spacial score (nSPS) is 19.6. The van der Waals surface area contributed by atoms with Crippen LogP contribution in [-0.4, -0.2) is 47.2 Å². The molecule has 26 heavy (non-hydrogen) atoms. The Morgan fingerprint density at radius 2 is 2.27 bits per heavy atom. The summed E-state index contributed by atoms with van der Waals surface area (Å²) in [5, 5.41) is 10.5. The molecule has 0 spiro atoms. The predicted octanol–water partition coefficient (Wildman–Crippen LogP) is 2.48. The van der Waals surface area contributed by atoms with Crippen LogP contribution in [0, 0.1) is 5.82 Å². The van der Waals surface area contributed by atoms with E-state index in [0.717, 1.165) is 29.8 Å². The number of carbonyl (C=O) groups is 1. The number of nitrogens with zero attached hydrogens (tertiary/aromatic N) is 2. The van der Waals surface area contributed by atoms with Crippen LogP contribution in [0.2, 0.25) is 5.02 Å². The van der Waals surface area contributed by atoms with Gasteiger partial charge in [-0.15, -0.1) is 12.4 Å². The average Bonchev–Trinajstić information content (AvgIpc) is 3.07. The Hall–Kier alpha value is -1.67. The predicted molar refractivity (Wildman–Crippen MR) is 97.3 cm³/mol. The van der Waals surface area contributed by atoms with E-state index >= 15 is 0 Å². The molecule has 1 aromatic carbocycles. The van der Waals surface area contributed by atoms with Crippen LogP contribution in [0.1, 0.15) is 33.4 Å². The number of aromatic nitrogens is 2. The largest absolute Gasteiger partial charge is 0.370 e. The van der Waals surface area contributed by atoms with Crippen LogP contribution in [0.25, 0.3) is 0 Å². The summed E-state index contributed by atoms with van der Waals surface area (Å²) in [7, 11) is 0. The molecule has 0 aliphatic carbocycles. The lowest BCUT2D eigenvalue weighted by molar-refractivity contribution is -0.0230. The number of H-pyrrole nitrogens is 1. The molecular formula is C17H19Cl2FN4O2. The van der Waals surface area contributed by atoms with Crippen LogP contribution in [0.3, 0.4) is 0 Å². The standard InChI is InChI=1S/C17H18ClFN4O2.ClH/c18-12-7-10(1-2-13(12)19)15-9-23(5-6-25-15)17(24)16-11-8-20-4-3-14(11)21-22-16;/h1-2,7,15,20H,3-6,8-9H2,(H,21,22);1H. The van der Waals surface area contributed by atoms with E-state index in [0.29, 0.717) is 31.9 Å². The first-order valence-electron chi connectivity index (χ1n) is 8.26. The summed E-state index contributed by atoms with van der Waals surface area (Å²) in [5.74, 6) is -0.576. The molecule has 140 valence electrons. The Morgan fingerprint density at radius 3 is 3.08 bits per heavy atom. The van der Waals surface area contributed by atoms with E-state index in [2.05, 4.69) is 15.5 Å². The van der Waals surface area contributed by atoms with E-state index in [-0.39, 0.29) is 29.4 Å². The second kappa shape index (κ2) is 7.92. The van der Waals surface area contributed by atoms with E-state index in [4.69, 9.17) is 16.3 Å². The third-order valence-electron chi connectivity index (χ3n) is 4.68. The number of halogens is 3. The summed E-state index contributed by atoms with van der Waals surface area (Å²) in [6, 6.07) is 4.51. The van der Waals surface area contributed by atoms with Crippen molar-refractivity contribution in [2.75, 3.05) is 26.2 Å². The first-order chi connectivity index (χ1) is 12.1. The van der Waals surface area contributed by atoms with Crippen molar-refractivity contribution in [3.8, 4) is 0 Å². The molecule has 0 radical (unpaired) electrons. The topological polar surface area (TPSA) is 70.2 Å². The number of aromatic amines is 1. The Bertz CT molecular complexity index is 814. The molecule has 6 nitrogen and oxygen atoms in total. The SMILES string of the molecule is Cl.O=C(c1n[nH]c2c1CNCC2)N1CCOC(c2ccc(F)c(Cl)c2)C1. The van der Waals surface area contributed by atoms with Crippen molar-refractivity contribution in [1.82, 2.24) is 20.4 Å². The van der Waals surface area contributed by atoms with Gasteiger partial charge >= 0.3 is 0 Å². The highest BCUT2D eigenvalue weighted by Gasteiger charge is 2.30. The zero-order valence-electron chi connectivity index (χ0n) is 13.9. The summed E-state index contributed by atoms with van der Waals surface area (Å²) >= 11 is 5.86. The van der Waals surface area contributed by atoms with Gasteiger partial charge in [-0.05, 0) is 17.7 Å². The van der Waals surface area contributed by atoms with Crippen LogP contribution in [0.4, 0.5) is 4.39 Å². The summed E-state index contributed by atoms with van der Waals surface area (Å²) in [4.78, 5) is 14.6. The van der Waals surface area contributed by atoms with Crippen molar-refractivity contribution >= 4 is 29.9 Å². The van der Waals surface area contributed by atoms with Crippen molar-refractivity contribution in [3.63, 3.8) is 0 Å². The van der Waals surface area contributed by atoms with Crippen molar-refractivity contribution in [1.29, 1.82) is 0 Å². The van der Waals surface area contributed by atoms with Gasteiger partial charge in [0.15, 0.2) is 5.69 Å². The second-order valence-corrected chi connectivity index (χ2v) is 6.65. The Morgan fingerprint density at radius 1 is 1.42 bits per heavy atom. The number of nitrogens with one attached hydrogen (secondary N) is 2. The Kier molecular flexibility index (Phi) is 5.82. The maximum Gasteiger partial charge on any atom is 0.274 e. The first kappa shape index (κ1) is 19.1. The summed E-state index contributed by atoms with van der Waals surface area (Å²) in [6.07, 6.45) is 0.513. The molecule has 2 aromatic rings. The number of morpholine rings is 1. The molecule has 9 heteroatoms. The molecule has 3 heterocycles. The smallest absolute Gasteiger partial charge is 0.274 e. The highest BCUT2D eigenvalue weighted by atomic mass is 35.5. The molecule has 1 fully saturated rings. The number of ether oxygens (including phenoxy) is 1. The summed E-state index contributed by atoms with van der Waals surface area (Å²) < 4.78 is 19.1. The molecule has 2 aliphatic heterocycles. The number of hydrogen-bond acceptors (Lipinski definition) is 4. The van der Waals surface area contributed by atoms with Gasteiger partial charge < -0.3 is 15.0 Å². The van der Waals surface area contributed by atoms with Crippen molar-refractivity contribution < 1.29 is 13.9 Å². The summed E-state index contributed by atoms with van der Waals surface area (Å²) in [5.41, 5.74) is 3.20. The fourth-order valence-corrected chi connectivity index (χ4v) is 3.49. The second-order valence-electron chi connectivity index (χ2n) is 6.24. The van der Waals surface area contributed by atoms with Gasteiger partial charge in [-0.25, -0.2) is 4.39 Å². The van der Waals surface area contributed by atoms with E-state index in [1.807, 2.05) is 0 Å². The average molecular weight is 401 g/mol. The van der Waals surface area contributed by atoms with Gasteiger partial charge in [0.05, 0.1) is 18.2 Å². The maximum atomic E-state index is 13.4. The third kappa shape index (κ3) is 3.57. The number of hydrogen-bond donors (Lipinski definition) is 2. The van der Waals surface area contributed by atoms with Gasteiger partial charge in [0.25, 0.3) is 5.91 Å².